The van der Waals surface area contributed by atoms with Gasteiger partial charge in [0, 0.05) is 0 Å². The molecular formula is C31H36O4. The third-order valence-corrected chi connectivity index (χ3v) is 5.64. The summed E-state index contributed by atoms with van der Waals surface area (Å²) in [7, 11) is 1.55. The van der Waals surface area contributed by atoms with Crippen LogP contribution >= 0.6 is 0 Å². The van der Waals surface area contributed by atoms with Gasteiger partial charge in [0.1, 0.15) is 5.75 Å². The Morgan fingerprint density at radius 1 is 0.800 bits per heavy atom. The molecule has 0 aliphatic carbocycles. The minimum atomic E-state index is -0.493. The molecule has 0 amide bonds. The van der Waals surface area contributed by atoms with Crippen LogP contribution in [0.2, 0.25) is 0 Å². The van der Waals surface area contributed by atoms with E-state index in [0.29, 0.717) is 17.2 Å². The van der Waals surface area contributed by atoms with E-state index in [9.17, 15) is 4.79 Å². The first-order valence-electron chi connectivity index (χ1n) is 11.9. The molecule has 3 aromatic carbocycles. The smallest absolute Gasteiger partial charge is 0.349 e. The second kappa shape index (κ2) is 11.3. The summed E-state index contributed by atoms with van der Waals surface area (Å²) < 4.78 is 16.6. The lowest BCUT2D eigenvalue weighted by atomic mass is 9.72. The van der Waals surface area contributed by atoms with Gasteiger partial charge >= 0.3 is 5.97 Å². The van der Waals surface area contributed by atoms with E-state index >= 15 is 0 Å². The van der Waals surface area contributed by atoms with Crippen LogP contribution in [0, 0.1) is 5.41 Å². The quantitative estimate of drug-likeness (QED) is 0.183. The maximum absolute atomic E-state index is 12.4. The second-order valence-electron chi connectivity index (χ2n) is 10.6. The zero-order valence-electron chi connectivity index (χ0n) is 21.6. The molecule has 0 spiro atoms. The third kappa shape index (κ3) is 8.03. The largest absolute Gasteiger partial charge is 0.493 e. The summed E-state index contributed by atoms with van der Waals surface area (Å²) in [6.45, 7) is 11.1. The summed E-state index contributed by atoms with van der Waals surface area (Å²) in [5.74, 6) is 0.981. The van der Waals surface area contributed by atoms with Gasteiger partial charge in [-0.3, -0.25) is 0 Å². The molecule has 0 aliphatic heterocycles. The summed E-state index contributed by atoms with van der Waals surface area (Å²) in [4.78, 5) is 12.4. The van der Waals surface area contributed by atoms with Gasteiger partial charge in [-0.25, -0.2) is 4.79 Å². The van der Waals surface area contributed by atoms with E-state index in [1.165, 1.54) is 5.56 Å². The molecule has 0 bridgehead atoms. The van der Waals surface area contributed by atoms with Crippen molar-refractivity contribution in [3.05, 3.63) is 89.5 Å². The fourth-order valence-corrected chi connectivity index (χ4v) is 4.35. The fourth-order valence-electron chi connectivity index (χ4n) is 4.35. The Hall–Kier alpha value is -3.53. The molecule has 0 aliphatic rings. The van der Waals surface area contributed by atoms with Crippen molar-refractivity contribution in [1.82, 2.24) is 0 Å². The molecule has 0 fully saturated rings. The monoisotopic (exact) mass is 472 g/mol. The number of carbonyl (C=O) groups excluding carboxylic acids is 1. The van der Waals surface area contributed by atoms with Crippen molar-refractivity contribution in [1.29, 1.82) is 0 Å². The SMILES string of the molecule is COc1cc(/C=C/c2ccccc2)ccc1OC(=O)COc1ccc(C(C)(C)CC(C)(C)C)cc1. The first kappa shape index (κ1) is 26.1. The first-order valence-corrected chi connectivity index (χ1v) is 11.9. The maximum atomic E-state index is 12.4. The highest BCUT2D eigenvalue weighted by Crippen LogP contribution is 2.36. The molecule has 0 N–H and O–H groups in total. The van der Waals surface area contributed by atoms with E-state index in [0.717, 1.165) is 17.5 Å². The summed E-state index contributed by atoms with van der Waals surface area (Å²) in [5.41, 5.74) is 3.57. The summed E-state index contributed by atoms with van der Waals surface area (Å²) in [6.07, 6.45) is 5.07. The molecule has 4 nitrogen and oxygen atoms in total. The number of rotatable bonds is 9. The van der Waals surface area contributed by atoms with Crippen molar-refractivity contribution in [2.45, 2.75) is 46.5 Å². The molecule has 0 saturated carbocycles. The average Bonchev–Trinajstić information content (AvgIpc) is 2.81. The molecule has 184 valence electrons. The Balaban J connectivity index is 1.58. The van der Waals surface area contributed by atoms with Crippen molar-refractivity contribution in [3.8, 4) is 17.2 Å². The minimum absolute atomic E-state index is 0.0503. The van der Waals surface area contributed by atoms with E-state index in [1.807, 2.05) is 66.7 Å². The molecule has 4 heteroatoms. The van der Waals surface area contributed by atoms with E-state index in [2.05, 4.69) is 46.8 Å². The number of hydrogen-bond acceptors (Lipinski definition) is 4. The van der Waals surface area contributed by atoms with Crippen LogP contribution in [0.15, 0.2) is 72.8 Å². The first-order chi connectivity index (χ1) is 16.6. The van der Waals surface area contributed by atoms with Crippen LogP contribution in [-0.4, -0.2) is 19.7 Å². The Morgan fingerprint density at radius 3 is 2.09 bits per heavy atom. The number of methoxy groups -OCH3 is 1. The van der Waals surface area contributed by atoms with Gasteiger partial charge in [0.25, 0.3) is 0 Å². The number of esters is 1. The van der Waals surface area contributed by atoms with Gasteiger partial charge in [-0.05, 0) is 58.2 Å². The highest BCUT2D eigenvalue weighted by Gasteiger charge is 2.27. The summed E-state index contributed by atoms with van der Waals surface area (Å²) in [5, 5.41) is 0. The fraction of sp³-hybridized carbons (Fsp3) is 0.323. The number of hydrogen-bond donors (Lipinski definition) is 0. The average molecular weight is 473 g/mol. The van der Waals surface area contributed by atoms with Gasteiger partial charge in [0.2, 0.25) is 0 Å². The van der Waals surface area contributed by atoms with Crippen LogP contribution in [0.4, 0.5) is 0 Å². The molecule has 3 aromatic rings. The highest BCUT2D eigenvalue weighted by molar-refractivity contribution is 5.76. The third-order valence-electron chi connectivity index (χ3n) is 5.64. The predicted octanol–water partition coefficient (Wildman–Crippen LogP) is 7.56. The molecule has 3 rings (SSSR count). The van der Waals surface area contributed by atoms with Gasteiger partial charge in [-0.2, -0.15) is 0 Å². The molecule has 35 heavy (non-hydrogen) atoms. The Bertz CT molecular complexity index is 1140. The maximum Gasteiger partial charge on any atom is 0.349 e. The zero-order chi connectivity index (χ0) is 25.5. The van der Waals surface area contributed by atoms with Crippen LogP contribution in [0.25, 0.3) is 12.2 Å². The van der Waals surface area contributed by atoms with Crippen LogP contribution in [-0.2, 0) is 10.2 Å². The van der Waals surface area contributed by atoms with Crippen LogP contribution in [0.5, 0.6) is 17.2 Å². The van der Waals surface area contributed by atoms with E-state index in [4.69, 9.17) is 14.2 Å². The van der Waals surface area contributed by atoms with Crippen LogP contribution < -0.4 is 14.2 Å². The lowest BCUT2D eigenvalue weighted by molar-refractivity contribution is -0.136. The predicted molar refractivity (Wildman–Crippen MR) is 143 cm³/mol. The van der Waals surface area contributed by atoms with Crippen LogP contribution in [0.3, 0.4) is 0 Å². The summed E-state index contributed by atoms with van der Waals surface area (Å²) in [6, 6.07) is 23.4. The van der Waals surface area contributed by atoms with Gasteiger partial charge in [0.15, 0.2) is 18.1 Å². The number of benzene rings is 3. The lowest BCUT2D eigenvalue weighted by Crippen LogP contribution is -2.24. The van der Waals surface area contributed by atoms with Gasteiger partial charge in [-0.1, -0.05) is 95.3 Å². The molecular weight excluding hydrogens is 436 g/mol. The normalized spacial score (nSPS) is 11.9. The highest BCUT2D eigenvalue weighted by atomic mass is 16.6. The molecule has 0 unspecified atom stereocenters. The van der Waals surface area contributed by atoms with Crippen molar-refractivity contribution < 1.29 is 19.0 Å². The van der Waals surface area contributed by atoms with Crippen molar-refractivity contribution >= 4 is 18.1 Å². The van der Waals surface area contributed by atoms with Gasteiger partial charge in [0.05, 0.1) is 7.11 Å². The molecule has 0 atom stereocenters. The molecule has 0 saturated heterocycles. The Kier molecular flexibility index (Phi) is 8.39. The molecule has 0 aromatic heterocycles. The molecule has 0 radical (unpaired) electrons. The molecule has 0 heterocycles. The standard InChI is InChI=1S/C31H36O4/c1-30(2,3)22-31(4,5)25-15-17-26(18-16-25)34-21-29(32)35-27-19-14-24(20-28(27)33-6)13-12-23-10-8-7-9-11-23/h7-20H,21-22H2,1-6H3/b13-12+. The van der Waals surface area contributed by atoms with Crippen molar-refractivity contribution in [3.63, 3.8) is 0 Å². The Morgan fingerprint density at radius 2 is 1.46 bits per heavy atom. The van der Waals surface area contributed by atoms with Gasteiger partial charge in [-0.15, -0.1) is 0 Å². The minimum Gasteiger partial charge on any atom is -0.493 e. The van der Waals surface area contributed by atoms with E-state index < -0.39 is 5.97 Å². The Labute approximate surface area is 209 Å². The summed E-state index contributed by atoms with van der Waals surface area (Å²) >= 11 is 0. The van der Waals surface area contributed by atoms with Crippen molar-refractivity contribution in [2.24, 2.45) is 5.41 Å². The van der Waals surface area contributed by atoms with Gasteiger partial charge < -0.3 is 14.2 Å². The topological polar surface area (TPSA) is 44.8 Å². The lowest BCUT2D eigenvalue weighted by Gasteiger charge is -2.33. The zero-order valence-corrected chi connectivity index (χ0v) is 21.6. The van der Waals surface area contributed by atoms with Crippen molar-refractivity contribution in [2.75, 3.05) is 13.7 Å². The second-order valence-corrected chi connectivity index (χ2v) is 10.6. The van der Waals surface area contributed by atoms with Crippen LogP contribution in [0.1, 0.15) is 57.7 Å². The number of ether oxygens (including phenoxy) is 3. The van der Waals surface area contributed by atoms with E-state index in [-0.39, 0.29) is 17.4 Å². The van der Waals surface area contributed by atoms with E-state index in [1.54, 1.807) is 13.2 Å². The number of carbonyl (C=O) groups is 1.